The van der Waals surface area contributed by atoms with E-state index in [0.29, 0.717) is 18.2 Å². The van der Waals surface area contributed by atoms with Gasteiger partial charge in [-0.05, 0) is 32.6 Å². The van der Waals surface area contributed by atoms with E-state index in [0.717, 1.165) is 6.54 Å². The molecule has 0 amide bonds. The topological polar surface area (TPSA) is 20.3 Å². The van der Waals surface area contributed by atoms with Crippen molar-refractivity contribution in [2.45, 2.75) is 32.7 Å². The van der Waals surface area contributed by atoms with E-state index in [-0.39, 0.29) is 0 Å². The zero-order valence-electron chi connectivity index (χ0n) is 8.58. The van der Waals surface area contributed by atoms with Crippen molar-refractivity contribution in [1.82, 2.24) is 4.90 Å². The summed E-state index contributed by atoms with van der Waals surface area (Å²) in [6.07, 6.45) is 1.98. The molecule has 76 valence electrons. The van der Waals surface area contributed by atoms with Crippen LogP contribution >= 0.6 is 11.8 Å². The SMILES string of the molecule is CC(=O)CC(C)N1CCCSCC1. The van der Waals surface area contributed by atoms with Crippen LogP contribution in [0.3, 0.4) is 0 Å². The number of Topliss-reactive ketones (excluding diaryl/α,β-unsaturated/α-hetero) is 1. The van der Waals surface area contributed by atoms with Gasteiger partial charge in [0.15, 0.2) is 0 Å². The van der Waals surface area contributed by atoms with E-state index in [9.17, 15) is 4.79 Å². The second-order valence-electron chi connectivity index (χ2n) is 3.76. The summed E-state index contributed by atoms with van der Waals surface area (Å²) >= 11 is 2.03. The molecule has 1 fully saturated rings. The van der Waals surface area contributed by atoms with Gasteiger partial charge in [0.05, 0.1) is 0 Å². The molecule has 13 heavy (non-hydrogen) atoms. The van der Waals surface area contributed by atoms with Gasteiger partial charge in [-0.15, -0.1) is 0 Å². The lowest BCUT2D eigenvalue weighted by Gasteiger charge is -2.26. The minimum absolute atomic E-state index is 0.310. The molecule has 0 saturated carbocycles. The van der Waals surface area contributed by atoms with Gasteiger partial charge in [-0.1, -0.05) is 0 Å². The second kappa shape index (κ2) is 5.66. The maximum absolute atomic E-state index is 11.0. The van der Waals surface area contributed by atoms with Gasteiger partial charge in [0.1, 0.15) is 5.78 Å². The first kappa shape index (κ1) is 11.1. The Balaban J connectivity index is 2.34. The van der Waals surface area contributed by atoms with E-state index in [1.54, 1.807) is 6.92 Å². The molecule has 1 rings (SSSR count). The lowest BCUT2D eigenvalue weighted by molar-refractivity contribution is -0.118. The Morgan fingerprint density at radius 1 is 1.46 bits per heavy atom. The fourth-order valence-corrected chi connectivity index (χ4v) is 2.65. The predicted molar refractivity (Wildman–Crippen MR) is 58.3 cm³/mol. The number of carbonyl (C=O) groups excluding carboxylic acids is 1. The lowest BCUT2D eigenvalue weighted by atomic mass is 10.1. The van der Waals surface area contributed by atoms with Crippen LogP contribution in [0.4, 0.5) is 0 Å². The maximum atomic E-state index is 11.0. The number of thioether (sulfide) groups is 1. The van der Waals surface area contributed by atoms with Gasteiger partial charge in [0.2, 0.25) is 0 Å². The first-order chi connectivity index (χ1) is 6.20. The Morgan fingerprint density at radius 2 is 2.23 bits per heavy atom. The zero-order chi connectivity index (χ0) is 9.68. The van der Waals surface area contributed by atoms with Gasteiger partial charge in [-0.2, -0.15) is 11.8 Å². The van der Waals surface area contributed by atoms with Crippen LogP contribution in [0, 0.1) is 0 Å². The predicted octanol–water partition coefficient (Wildman–Crippen LogP) is 1.79. The molecule has 1 aliphatic heterocycles. The van der Waals surface area contributed by atoms with Crippen molar-refractivity contribution in [3.63, 3.8) is 0 Å². The Labute approximate surface area is 85.1 Å². The maximum Gasteiger partial charge on any atom is 0.131 e. The van der Waals surface area contributed by atoms with Gasteiger partial charge in [0, 0.05) is 24.8 Å². The highest BCUT2D eigenvalue weighted by atomic mass is 32.2. The summed E-state index contributed by atoms with van der Waals surface area (Å²) in [6.45, 7) is 6.17. The molecule has 1 unspecified atom stereocenters. The summed E-state index contributed by atoms with van der Waals surface area (Å²) in [4.78, 5) is 13.4. The van der Waals surface area contributed by atoms with E-state index in [1.807, 2.05) is 11.8 Å². The Kier molecular flexibility index (Phi) is 4.81. The monoisotopic (exact) mass is 201 g/mol. The van der Waals surface area contributed by atoms with E-state index in [1.165, 1.54) is 24.5 Å². The summed E-state index contributed by atoms with van der Waals surface area (Å²) in [5.74, 6) is 2.82. The normalized spacial score (nSPS) is 22.3. The standard InChI is InChI=1S/C10H19NOS/c1-9(8-10(2)12)11-4-3-6-13-7-5-11/h9H,3-8H2,1-2H3. The van der Waals surface area contributed by atoms with E-state index < -0.39 is 0 Å². The molecule has 0 N–H and O–H groups in total. The van der Waals surface area contributed by atoms with Gasteiger partial charge in [0.25, 0.3) is 0 Å². The third-order valence-electron chi connectivity index (χ3n) is 2.46. The highest BCUT2D eigenvalue weighted by Crippen LogP contribution is 2.13. The molecule has 0 radical (unpaired) electrons. The number of carbonyl (C=O) groups is 1. The van der Waals surface area contributed by atoms with Crippen molar-refractivity contribution in [3.05, 3.63) is 0 Å². The number of hydrogen-bond donors (Lipinski definition) is 0. The second-order valence-corrected chi connectivity index (χ2v) is 4.98. The summed E-state index contributed by atoms with van der Waals surface area (Å²) in [5.41, 5.74) is 0. The largest absolute Gasteiger partial charge is 0.300 e. The van der Waals surface area contributed by atoms with Crippen LogP contribution in [-0.4, -0.2) is 41.3 Å². The fraction of sp³-hybridized carbons (Fsp3) is 0.900. The first-order valence-corrected chi connectivity index (χ1v) is 6.17. The average Bonchev–Trinajstić information content (AvgIpc) is 2.29. The number of ketones is 1. The highest BCUT2D eigenvalue weighted by Gasteiger charge is 2.16. The van der Waals surface area contributed by atoms with Crippen molar-refractivity contribution in [1.29, 1.82) is 0 Å². The van der Waals surface area contributed by atoms with Crippen molar-refractivity contribution in [2.75, 3.05) is 24.6 Å². The fourth-order valence-electron chi connectivity index (χ4n) is 1.75. The highest BCUT2D eigenvalue weighted by molar-refractivity contribution is 7.99. The van der Waals surface area contributed by atoms with Gasteiger partial charge in [-0.25, -0.2) is 0 Å². The minimum atomic E-state index is 0.310. The smallest absolute Gasteiger partial charge is 0.131 e. The molecule has 0 aliphatic carbocycles. The molecule has 1 heterocycles. The third-order valence-corrected chi connectivity index (χ3v) is 3.51. The van der Waals surface area contributed by atoms with Crippen LogP contribution in [0.1, 0.15) is 26.7 Å². The number of nitrogens with zero attached hydrogens (tertiary/aromatic N) is 1. The van der Waals surface area contributed by atoms with Gasteiger partial charge in [-0.3, -0.25) is 9.69 Å². The Morgan fingerprint density at radius 3 is 2.92 bits per heavy atom. The van der Waals surface area contributed by atoms with Crippen LogP contribution in [0.5, 0.6) is 0 Å². The average molecular weight is 201 g/mol. The summed E-state index contributed by atoms with van der Waals surface area (Å²) in [7, 11) is 0. The van der Waals surface area contributed by atoms with Gasteiger partial charge >= 0.3 is 0 Å². The number of rotatable bonds is 3. The third kappa shape index (κ3) is 4.14. The quantitative estimate of drug-likeness (QED) is 0.694. The van der Waals surface area contributed by atoms with Crippen LogP contribution in [0.2, 0.25) is 0 Å². The van der Waals surface area contributed by atoms with Crippen LogP contribution in [0.15, 0.2) is 0 Å². The summed E-state index contributed by atoms with van der Waals surface area (Å²) < 4.78 is 0. The van der Waals surface area contributed by atoms with E-state index in [2.05, 4.69) is 11.8 Å². The molecule has 0 spiro atoms. The Bertz CT molecular complexity index is 164. The van der Waals surface area contributed by atoms with Gasteiger partial charge < -0.3 is 0 Å². The van der Waals surface area contributed by atoms with Crippen molar-refractivity contribution in [3.8, 4) is 0 Å². The molecule has 3 heteroatoms. The molecule has 1 aliphatic rings. The molecule has 0 aromatic carbocycles. The van der Waals surface area contributed by atoms with E-state index >= 15 is 0 Å². The molecule has 1 saturated heterocycles. The summed E-state index contributed by atoms with van der Waals surface area (Å²) in [5, 5.41) is 0. The van der Waals surface area contributed by atoms with Crippen molar-refractivity contribution < 1.29 is 4.79 Å². The van der Waals surface area contributed by atoms with Crippen LogP contribution in [0.25, 0.3) is 0 Å². The molecule has 0 bridgehead atoms. The van der Waals surface area contributed by atoms with Crippen molar-refractivity contribution in [2.24, 2.45) is 0 Å². The van der Waals surface area contributed by atoms with Crippen molar-refractivity contribution >= 4 is 17.5 Å². The molecule has 1 atom stereocenters. The summed E-state index contributed by atoms with van der Waals surface area (Å²) in [6, 6.07) is 0.441. The Hall–Kier alpha value is -0.0200. The molecule has 0 aromatic heterocycles. The molecule has 2 nitrogen and oxygen atoms in total. The lowest BCUT2D eigenvalue weighted by Crippen LogP contribution is -2.36. The zero-order valence-corrected chi connectivity index (χ0v) is 9.40. The van der Waals surface area contributed by atoms with Crippen LogP contribution < -0.4 is 0 Å². The molecular weight excluding hydrogens is 182 g/mol. The van der Waals surface area contributed by atoms with E-state index in [4.69, 9.17) is 0 Å². The molecule has 0 aromatic rings. The molecular formula is C10H19NOS. The number of hydrogen-bond acceptors (Lipinski definition) is 3. The first-order valence-electron chi connectivity index (χ1n) is 5.01. The minimum Gasteiger partial charge on any atom is -0.300 e. The van der Waals surface area contributed by atoms with Crippen LogP contribution in [-0.2, 0) is 4.79 Å².